The van der Waals surface area contributed by atoms with E-state index < -0.39 is 20.0 Å². The molecule has 0 saturated heterocycles. The van der Waals surface area contributed by atoms with Crippen molar-refractivity contribution < 1.29 is 14.0 Å². The first kappa shape index (κ1) is 20.1. The first-order valence-electron chi connectivity index (χ1n) is 8.37. The van der Waals surface area contributed by atoms with Crippen LogP contribution in [0, 0.1) is 24.2 Å². The van der Waals surface area contributed by atoms with E-state index >= 15 is 0 Å². The number of hydrogen-bond donors (Lipinski definition) is 1. The lowest BCUT2D eigenvalue weighted by Gasteiger charge is -2.39. The van der Waals surface area contributed by atoms with Gasteiger partial charge in [0.25, 0.3) is 0 Å². The molecule has 0 spiro atoms. The number of ether oxygens (including phenoxy) is 1. The summed E-state index contributed by atoms with van der Waals surface area (Å²) in [5, 5.41) is 2.97. The average Bonchev–Trinajstić information content (AvgIpc) is 3.10. The van der Waals surface area contributed by atoms with E-state index in [0.29, 0.717) is 12.5 Å². The second-order valence-electron chi connectivity index (χ2n) is 8.97. The van der Waals surface area contributed by atoms with Crippen molar-refractivity contribution in [3.05, 3.63) is 0 Å². The number of amides is 1. The fraction of sp³-hybridized carbons (Fsp3) is 0.833. The Kier molecular flexibility index (Phi) is 5.98. The highest BCUT2D eigenvalue weighted by Gasteiger charge is 2.47. The van der Waals surface area contributed by atoms with Gasteiger partial charge < -0.3 is 14.5 Å². The molecule has 23 heavy (non-hydrogen) atoms. The first-order chi connectivity index (χ1) is 10.3. The molecule has 1 rings (SSSR count). The van der Waals surface area contributed by atoms with Crippen molar-refractivity contribution in [2.45, 2.75) is 77.8 Å². The van der Waals surface area contributed by atoms with Crippen LogP contribution in [-0.2, 0) is 9.16 Å². The second kappa shape index (κ2) is 6.86. The van der Waals surface area contributed by atoms with Crippen molar-refractivity contribution >= 4 is 14.4 Å². The third-order valence-electron chi connectivity index (χ3n) is 4.63. The van der Waals surface area contributed by atoms with Gasteiger partial charge in [0, 0.05) is 18.4 Å². The van der Waals surface area contributed by atoms with Crippen LogP contribution in [-0.4, -0.2) is 32.7 Å². The standard InChI is InChI=1S/C18H33NO3Si/c1-10-13-11-14(13)15(22-23(8,9)18(5,6)7)12-19-16(20)21-17(2,3)4/h1,13-15H,11-12H2,2-9H3,(H,19,20)/t13-,14-,15-/m0/s1. The lowest BCUT2D eigenvalue weighted by molar-refractivity contribution is 0.0487. The maximum absolute atomic E-state index is 11.9. The first-order valence-corrected chi connectivity index (χ1v) is 11.3. The van der Waals surface area contributed by atoms with Crippen LogP contribution in [0.2, 0.25) is 18.1 Å². The molecular formula is C18H33NO3Si. The fourth-order valence-electron chi connectivity index (χ4n) is 2.15. The Morgan fingerprint density at radius 1 is 1.30 bits per heavy atom. The van der Waals surface area contributed by atoms with Crippen LogP contribution in [0.25, 0.3) is 0 Å². The Balaban J connectivity index is 2.69. The van der Waals surface area contributed by atoms with Gasteiger partial charge in [-0.2, -0.15) is 0 Å². The highest BCUT2D eigenvalue weighted by molar-refractivity contribution is 6.74. The van der Waals surface area contributed by atoms with Gasteiger partial charge in [0.05, 0.1) is 6.10 Å². The van der Waals surface area contributed by atoms with Crippen molar-refractivity contribution in [2.75, 3.05) is 6.54 Å². The van der Waals surface area contributed by atoms with Crippen molar-refractivity contribution in [3.8, 4) is 12.3 Å². The summed E-state index contributed by atoms with van der Waals surface area (Å²) in [5.74, 6) is 3.42. The number of hydrogen-bond acceptors (Lipinski definition) is 3. The molecule has 132 valence electrons. The van der Waals surface area contributed by atoms with Gasteiger partial charge in [-0.25, -0.2) is 4.79 Å². The molecule has 0 aromatic heterocycles. The quantitative estimate of drug-likeness (QED) is 0.604. The molecule has 5 heteroatoms. The van der Waals surface area contributed by atoms with Crippen molar-refractivity contribution in [1.29, 1.82) is 0 Å². The molecule has 1 aliphatic carbocycles. The molecule has 1 aliphatic rings. The molecule has 0 aliphatic heterocycles. The minimum atomic E-state index is -1.91. The van der Waals surface area contributed by atoms with E-state index in [9.17, 15) is 4.79 Å². The Bertz CT molecular complexity index is 468. The number of alkyl carbamates (subject to hydrolysis) is 1. The van der Waals surface area contributed by atoms with Crippen LogP contribution in [0.3, 0.4) is 0 Å². The SMILES string of the molecule is C#C[C@H]1C[C@@H]1[C@H](CNC(=O)OC(C)(C)C)O[Si](C)(C)C(C)(C)C. The van der Waals surface area contributed by atoms with Crippen LogP contribution >= 0.6 is 0 Å². The monoisotopic (exact) mass is 339 g/mol. The number of terminal acetylenes is 1. The molecule has 0 aromatic carbocycles. The van der Waals surface area contributed by atoms with E-state index in [1.165, 1.54) is 0 Å². The Morgan fingerprint density at radius 2 is 1.87 bits per heavy atom. The van der Waals surface area contributed by atoms with Gasteiger partial charge >= 0.3 is 6.09 Å². The average molecular weight is 340 g/mol. The predicted octanol–water partition coefficient (Wildman–Crippen LogP) is 4.17. The van der Waals surface area contributed by atoms with Crippen molar-refractivity contribution in [3.63, 3.8) is 0 Å². The molecule has 0 unspecified atom stereocenters. The Morgan fingerprint density at radius 3 is 2.26 bits per heavy atom. The lowest BCUT2D eigenvalue weighted by atomic mass is 10.2. The normalized spacial score (nSPS) is 22.9. The summed E-state index contributed by atoms with van der Waals surface area (Å²) in [7, 11) is -1.91. The van der Waals surface area contributed by atoms with Gasteiger partial charge in [-0.3, -0.25) is 0 Å². The molecule has 0 aromatic rings. The molecule has 4 nitrogen and oxygen atoms in total. The largest absolute Gasteiger partial charge is 0.444 e. The minimum absolute atomic E-state index is 0.0375. The van der Waals surface area contributed by atoms with E-state index in [1.54, 1.807) is 0 Å². The predicted molar refractivity (Wildman–Crippen MR) is 96.7 cm³/mol. The molecule has 1 N–H and O–H groups in total. The van der Waals surface area contributed by atoms with Crippen LogP contribution in [0.15, 0.2) is 0 Å². The highest BCUT2D eigenvalue weighted by Crippen LogP contribution is 2.45. The summed E-state index contributed by atoms with van der Waals surface area (Å²) in [4.78, 5) is 11.9. The van der Waals surface area contributed by atoms with Gasteiger partial charge in [0.1, 0.15) is 5.60 Å². The Labute approximate surface area is 142 Å². The molecule has 1 fully saturated rings. The highest BCUT2D eigenvalue weighted by atomic mass is 28.4. The van der Waals surface area contributed by atoms with Gasteiger partial charge in [-0.05, 0) is 45.3 Å². The number of rotatable bonds is 5. The fourth-order valence-corrected chi connectivity index (χ4v) is 3.52. The molecule has 0 heterocycles. The Hall–Kier alpha value is -0.993. The van der Waals surface area contributed by atoms with Crippen molar-refractivity contribution in [1.82, 2.24) is 5.32 Å². The molecule has 1 saturated carbocycles. The van der Waals surface area contributed by atoms with Gasteiger partial charge in [0.2, 0.25) is 0 Å². The summed E-state index contributed by atoms with van der Waals surface area (Å²) in [6.45, 7) is 17.1. The molecule has 0 radical (unpaired) electrons. The van der Waals surface area contributed by atoms with E-state index in [2.05, 4.69) is 45.1 Å². The third-order valence-corrected chi connectivity index (χ3v) is 9.13. The summed E-state index contributed by atoms with van der Waals surface area (Å²) in [6, 6.07) is 0. The summed E-state index contributed by atoms with van der Waals surface area (Å²) in [5.41, 5.74) is -0.499. The zero-order chi connectivity index (χ0) is 18.1. The van der Waals surface area contributed by atoms with Crippen molar-refractivity contribution in [2.24, 2.45) is 11.8 Å². The van der Waals surface area contributed by atoms with E-state index in [4.69, 9.17) is 15.6 Å². The number of nitrogens with one attached hydrogen (secondary N) is 1. The summed E-state index contributed by atoms with van der Waals surface area (Å²) < 4.78 is 11.8. The van der Waals surface area contributed by atoms with E-state index in [0.717, 1.165) is 6.42 Å². The minimum Gasteiger partial charge on any atom is -0.444 e. The van der Waals surface area contributed by atoms with E-state index in [-0.39, 0.29) is 17.1 Å². The molecule has 0 bridgehead atoms. The van der Waals surface area contributed by atoms with Gasteiger partial charge in [-0.15, -0.1) is 12.3 Å². The lowest BCUT2D eigenvalue weighted by Crippen LogP contribution is -2.48. The molecule has 1 amide bonds. The molecular weight excluding hydrogens is 306 g/mol. The summed E-state index contributed by atoms with van der Waals surface area (Å²) >= 11 is 0. The van der Waals surface area contributed by atoms with E-state index in [1.807, 2.05) is 20.8 Å². The zero-order valence-electron chi connectivity index (χ0n) is 15.9. The zero-order valence-corrected chi connectivity index (χ0v) is 16.9. The van der Waals surface area contributed by atoms with Gasteiger partial charge in [0.15, 0.2) is 8.32 Å². The number of carbonyl (C=O) groups is 1. The maximum atomic E-state index is 11.9. The maximum Gasteiger partial charge on any atom is 0.407 e. The summed E-state index contributed by atoms with van der Waals surface area (Å²) in [6.07, 6.45) is 6.08. The molecule has 3 atom stereocenters. The smallest absolute Gasteiger partial charge is 0.407 e. The van der Waals surface area contributed by atoms with Crippen LogP contribution in [0.5, 0.6) is 0 Å². The van der Waals surface area contributed by atoms with Crippen LogP contribution < -0.4 is 5.32 Å². The topological polar surface area (TPSA) is 47.6 Å². The second-order valence-corrected chi connectivity index (χ2v) is 13.7. The van der Waals surface area contributed by atoms with Crippen LogP contribution in [0.4, 0.5) is 4.79 Å². The number of carbonyl (C=O) groups excluding carboxylic acids is 1. The van der Waals surface area contributed by atoms with Gasteiger partial charge in [-0.1, -0.05) is 20.8 Å². The third kappa shape index (κ3) is 6.19. The van der Waals surface area contributed by atoms with Crippen LogP contribution in [0.1, 0.15) is 48.0 Å².